The highest BCUT2D eigenvalue weighted by Gasteiger charge is 1.98. The predicted octanol–water partition coefficient (Wildman–Crippen LogP) is 1.30. The van der Waals surface area contributed by atoms with Crippen molar-refractivity contribution in [1.82, 2.24) is 9.80 Å². The van der Waals surface area contributed by atoms with E-state index in [9.17, 15) is 0 Å². The van der Waals surface area contributed by atoms with Crippen molar-refractivity contribution < 1.29 is 0 Å². The van der Waals surface area contributed by atoms with Crippen molar-refractivity contribution in [2.24, 2.45) is 0 Å². The van der Waals surface area contributed by atoms with Crippen LogP contribution < -0.4 is 0 Å². The van der Waals surface area contributed by atoms with Crippen molar-refractivity contribution in [2.45, 2.75) is 0 Å². The molecule has 0 unspecified atom stereocenters. The first-order chi connectivity index (χ1) is 6.22. The van der Waals surface area contributed by atoms with Crippen LogP contribution in [0.3, 0.4) is 0 Å². The summed E-state index contributed by atoms with van der Waals surface area (Å²) in [5.74, 6) is 0. The van der Waals surface area contributed by atoms with Gasteiger partial charge in [-0.15, -0.1) is 0 Å². The van der Waals surface area contributed by atoms with Gasteiger partial charge in [0, 0.05) is 32.7 Å². The maximum atomic E-state index is 8.45. The fraction of sp³-hybridized carbons (Fsp3) is 0.300. The summed E-state index contributed by atoms with van der Waals surface area (Å²) in [7, 11) is 3.96. The minimum absolute atomic E-state index is 0.405. The molecule has 0 radical (unpaired) electrons. The zero-order chi connectivity index (χ0) is 9.68. The number of hydrogen-bond donors (Lipinski definition) is 0. The van der Waals surface area contributed by atoms with Crippen LogP contribution in [0.2, 0.25) is 0 Å². The fourth-order valence-corrected chi connectivity index (χ4v) is 1.04. The van der Waals surface area contributed by atoms with Gasteiger partial charge in [0.2, 0.25) is 0 Å². The molecule has 0 amide bonds. The molecule has 3 nitrogen and oxygen atoms in total. The average Bonchev–Trinajstić information content (AvgIpc) is 2.08. The lowest BCUT2D eigenvalue weighted by atomic mass is 10.2. The van der Waals surface area contributed by atoms with Gasteiger partial charge in [-0.3, -0.25) is 0 Å². The molecule has 0 aliphatic carbocycles. The van der Waals surface area contributed by atoms with Gasteiger partial charge in [-0.1, -0.05) is 0 Å². The Balaban J connectivity index is 2.59. The highest BCUT2D eigenvalue weighted by atomic mass is 15.1. The second-order valence-electron chi connectivity index (χ2n) is 3.05. The van der Waals surface area contributed by atoms with E-state index in [1.807, 2.05) is 54.6 Å². The van der Waals surface area contributed by atoms with Gasteiger partial charge < -0.3 is 9.80 Å². The molecule has 1 rings (SSSR count). The first-order valence-electron chi connectivity index (χ1n) is 4.10. The Morgan fingerprint density at radius 1 is 1.46 bits per heavy atom. The summed E-state index contributed by atoms with van der Waals surface area (Å²) < 4.78 is 0. The molecule has 0 fully saturated rings. The summed E-state index contributed by atoms with van der Waals surface area (Å²) in [4.78, 5) is 3.83. The van der Waals surface area contributed by atoms with Crippen molar-refractivity contribution in [1.29, 1.82) is 5.26 Å². The highest BCUT2D eigenvalue weighted by Crippen LogP contribution is 2.08. The van der Waals surface area contributed by atoms with Gasteiger partial charge in [0.05, 0.1) is 6.07 Å². The molecule has 0 saturated carbocycles. The van der Waals surface area contributed by atoms with E-state index in [1.54, 1.807) is 0 Å². The Labute approximate surface area is 78.9 Å². The van der Waals surface area contributed by atoms with Crippen LogP contribution in [0.1, 0.15) is 0 Å². The van der Waals surface area contributed by atoms with E-state index in [0.717, 1.165) is 5.57 Å². The normalized spacial score (nSPS) is 14.2. The zero-order valence-electron chi connectivity index (χ0n) is 7.94. The van der Waals surface area contributed by atoms with Crippen molar-refractivity contribution in [3.63, 3.8) is 0 Å². The lowest BCUT2D eigenvalue weighted by Gasteiger charge is -2.15. The van der Waals surface area contributed by atoms with Crippen molar-refractivity contribution in [3.05, 3.63) is 36.3 Å². The molecule has 3 heteroatoms. The molecule has 0 N–H and O–H groups in total. The van der Waals surface area contributed by atoms with Gasteiger partial charge in [0.1, 0.15) is 6.54 Å². The molecular weight excluding hydrogens is 162 g/mol. The summed E-state index contributed by atoms with van der Waals surface area (Å²) in [5.41, 5.74) is 1.14. The van der Waals surface area contributed by atoms with Gasteiger partial charge in [0.25, 0.3) is 0 Å². The van der Waals surface area contributed by atoms with E-state index in [1.165, 1.54) is 0 Å². The Bertz CT molecular complexity index is 276. The molecule has 13 heavy (non-hydrogen) atoms. The average molecular weight is 175 g/mol. The van der Waals surface area contributed by atoms with E-state index in [-0.39, 0.29) is 0 Å². The van der Waals surface area contributed by atoms with Crippen LogP contribution in [0, 0.1) is 11.3 Å². The predicted molar refractivity (Wildman–Crippen MR) is 52.4 cm³/mol. The lowest BCUT2D eigenvalue weighted by Crippen LogP contribution is -2.12. The standard InChI is InChI=1S/C10H13N3/c1-12(2)9-10-3-6-13(7-4-10)8-5-11/h3-4,6-7,9H,8H2,1-2H3. The number of rotatable bonds is 2. The summed E-state index contributed by atoms with van der Waals surface area (Å²) in [6, 6.07) is 2.09. The maximum Gasteiger partial charge on any atom is 0.109 e. The molecule has 0 atom stereocenters. The summed E-state index contributed by atoms with van der Waals surface area (Å²) in [6.07, 6.45) is 9.79. The molecule has 0 aromatic heterocycles. The Kier molecular flexibility index (Phi) is 3.15. The molecule has 0 bridgehead atoms. The van der Waals surface area contributed by atoms with Crippen LogP contribution in [0.5, 0.6) is 0 Å². The van der Waals surface area contributed by atoms with Crippen molar-refractivity contribution in [2.75, 3.05) is 20.6 Å². The number of allylic oxidation sites excluding steroid dienone is 3. The molecule has 0 aromatic rings. The first kappa shape index (κ1) is 9.40. The molecule has 1 aliphatic rings. The fourth-order valence-electron chi connectivity index (χ4n) is 1.04. The van der Waals surface area contributed by atoms with E-state index < -0.39 is 0 Å². The molecule has 0 aromatic carbocycles. The van der Waals surface area contributed by atoms with Gasteiger partial charge >= 0.3 is 0 Å². The Morgan fingerprint density at radius 2 is 2.08 bits per heavy atom. The van der Waals surface area contributed by atoms with Crippen LogP contribution in [0.15, 0.2) is 36.3 Å². The molecule has 1 aliphatic heterocycles. The van der Waals surface area contributed by atoms with Crippen LogP contribution in [0.25, 0.3) is 0 Å². The SMILES string of the molecule is CN(C)C=C1C=CN(CC#N)C=C1. The molecule has 1 heterocycles. The summed E-state index contributed by atoms with van der Waals surface area (Å²) >= 11 is 0. The number of nitriles is 1. The molecule has 68 valence electrons. The summed E-state index contributed by atoms with van der Waals surface area (Å²) in [6.45, 7) is 0.405. The lowest BCUT2D eigenvalue weighted by molar-refractivity contribution is 0.551. The van der Waals surface area contributed by atoms with Crippen molar-refractivity contribution in [3.8, 4) is 6.07 Å². The smallest absolute Gasteiger partial charge is 0.109 e. The minimum Gasteiger partial charge on any atom is -0.383 e. The van der Waals surface area contributed by atoms with Gasteiger partial charge in [-0.05, 0) is 17.7 Å². The topological polar surface area (TPSA) is 30.3 Å². The van der Waals surface area contributed by atoms with Crippen LogP contribution in [0.4, 0.5) is 0 Å². The van der Waals surface area contributed by atoms with E-state index in [4.69, 9.17) is 5.26 Å². The van der Waals surface area contributed by atoms with E-state index >= 15 is 0 Å². The van der Waals surface area contributed by atoms with Crippen LogP contribution in [-0.2, 0) is 0 Å². The molecule has 0 saturated heterocycles. The van der Waals surface area contributed by atoms with Gasteiger partial charge in [-0.25, -0.2) is 0 Å². The second-order valence-corrected chi connectivity index (χ2v) is 3.05. The Morgan fingerprint density at radius 3 is 2.54 bits per heavy atom. The molecule has 0 spiro atoms. The van der Waals surface area contributed by atoms with Crippen molar-refractivity contribution >= 4 is 0 Å². The number of nitrogens with zero attached hydrogens (tertiary/aromatic N) is 3. The third kappa shape index (κ3) is 3.04. The number of hydrogen-bond acceptors (Lipinski definition) is 3. The van der Waals surface area contributed by atoms with E-state index in [0.29, 0.717) is 6.54 Å². The maximum absolute atomic E-state index is 8.45. The monoisotopic (exact) mass is 175 g/mol. The quantitative estimate of drug-likeness (QED) is 0.592. The highest BCUT2D eigenvalue weighted by molar-refractivity contribution is 5.33. The third-order valence-corrected chi connectivity index (χ3v) is 1.58. The van der Waals surface area contributed by atoms with Crippen LogP contribution in [-0.4, -0.2) is 30.4 Å². The largest absolute Gasteiger partial charge is 0.383 e. The first-order valence-corrected chi connectivity index (χ1v) is 4.10. The third-order valence-electron chi connectivity index (χ3n) is 1.58. The second kappa shape index (κ2) is 4.36. The Hall–Kier alpha value is -1.69. The minimum atomic E-state index is 0.405. The zero-order valence-corrected chi connectivity index (χ0v) is 7.94. The summed E-state index contributed by atoms with van der Waals surface area (Å²) in [5, 5.41) is 8.45. The molecular formula is C10H13N3. The van der Waals surface area contributed by atoms with Gasteiger partial charge in [0.15, 0.2) is 0 Å². The van der Waals surface area contributed by atoms with E-state index in [2.05, 4.69) is 6.07 Å². The van der Waals surface area contributed by atoms with Crippen LogP contribution >= 0.6 is 0 Å². The van der Waals surface area contributed by atoms with Gasteiger partial charge in [-0.2, -0.15) is 5.26 Å².